The smallest absolute Gasteiger partial charge is 0.341 e. The first-order valence-electron chi connectivity index (χ1n) is 8.59. The molecule has 0 saturated carbocycles. The van der Waals surface area contributed by atoms with E-state index in [1.165, 1.54) is 12.1 Å². The summed E-state index contributed by atoms with van der Waals surface area (Å²) in [5.74, 6) is -1.53. The third-order valence-electron chi connectivity index (χ3n) is 3.89. The number of amides is 1. The Morgan fingerprint density at radius 3 is 2.59 bits per heavy atom. The highest BCUT2D eigenvalue weighted by Gasteiger charge is 2.19. The van der Waals surface area contributed by atoms with Crippen LogP contribution in [0, 0.1) is 24.0 Å². The van der Waals surface area contributed by atoms with Crippen molar-refractivity contribution in [2.24, 2.45) is 0 Å². The van der Waals surface area contributed by atoms with Gasteiger partial charge in [-0.3, -0.25) is 14.9 Å². The molecular formula is C19H20ClN3O6. The monoisotopic (exact) mass is 421 g/mol. The van der Waals surface area contributed by atoms with Crippen molar-refractivity contribution in [3.63, 3.8) is 0 Å². The van der Waals surface area contributed by atoms with Crippen LogP contribution in [0.1, 0.15) is 21.5 Å². The number of aliphatic hydroxyl groups is 1. The van der Waals surface area contributed by atoms with Gasteiger partial charge in [-0.25, -0.2) is 4.79 Å². The van der Waals surface area contributed by atoms with Crippen molar-refractivity contribution in [1.29, 1.82) is 0 Å². The summed E-state index contributed by atoms with van der Waals surface area (Å²) in [5, 5.41) is 25.6. The molecule has 0 heterocycles. The number of carbonyl (C=O) groups is 2. The van der Waals surface area contributed by atoms with Crippen LogP contribution >= 0.6 is 11.6 Å². The number of halogens is 1. The lowest BCUT2D eigenvalue weighted by molar-refractivity contribution is -0.384. The Labute approximate surface area is 171 Å². The molecule has 3 N–H and O–H groups in total. The average molecular weight is 422 g/mol. The van der Waals surface area contributed by atoms with E-state index in [2.05, 4.69) is 10.6 Å². The molecule has 0 aliphatic carbocycles. The summed E-state index contributed by atoms with van der Waals surface area (Å²) in [6.07, 6.45) is 0. The molecule has 0 aliphatic rings. The van der Waals surface area contributed by atoms with Gasteiger partial charge in [0.1, 0.15) is 0 Å². The fraction of sp³-hybridized carbons (Fsp3) is 0.263. The SMILES string of the molecule is Cc1cc(C)c(NC(=O)COC(=O)c2cc([N+](=O)[O-])ccc2NCCO)c(Cl)c1. The number of esters is 1. The maximum atomic E-state index is 12.4. The number of rotatable bonds is 8. The first-order valence-corrected chi connectivity index (χ1v) is 8.97. The Kier molecular flexibility index (Phi) is 7.52. The second-order valence-electron chi connectivity index (χ2n) is 6.20. The fourth-order valence-electron chi connectivity index (χ4n) is 2.62. The minimum Gasteiger partial charge on any atom is -0.452 e. The van der Waals surface area contributed by atoms with E-state index >= 15 is 0 Å². The Morgan fingerprint density at radius 2 is 1.97 bits per heavy atom. The molecule has 2 rings (SSSR count). The zero-order valence-corrected chi connectivity index (χ0v) is 16.6. The number of nitrogens with one attached hydrogen (secondary N) is 2. The highest BCUT2D eigenvalue weighted by molar-refractivity contribution is 6.34. The molecule has 0 aliphatic heterocycles. The third-order valence-corrected chi connectivity index (χ3v) is 4.19. The molecule has 2 aromatic rings. The number of nitrogens with zero attached hydrogens (tertiary/aromatic N) is 1. The molecule has 9 nitrogen and oxygen atoms in total. The van der Waals surface area contributed by atoms with Gasteiger partial charge < -0.3 is 20.5 Å². The van der Waals surface area contributed by atoms with Gasteiger partial charge in [-0.05, 0) is 37.1 Å². The molecule has 0 atom stereocenters. The Hall–Kier alpha value is -3.17. The average Bonchev–Trinajstić information content (AvgIpc) is 2.67. The van der Waals surface area contributed by atoms with Crippen LogP contribution in [-0.4, -0.2) is 41.7 Å². The summed E-state index contributed by atoms with van der Waals surface area (Å²) in [7, 11) is 0. The lowest BCUT2D eigenvalue weighted by Gasteiger charge is -2.13. The van der Waals surface area contributed by atoms with E-state index in [-0.39, 0.29) is 30.1 Å². The Balaban J connectivity index is 2.11. The molecule has 2 aromatic carbocycles. The number of hydrogen-bond donors (Lipinski definition) is 3. The number of nitro benzene ring substituents is 1. The minimum absolute atomic E-state index is 0.120. The molecular weight excluding hydrogens is 402 g/mol. The van der Waals surface area contributed by atoms with Crippen LogP contribution in [0.2, 0.25) is 5.02 Å². The normalized spacial score (nSPS) is 10.3. The topological polar surface area (TPSA) is 131 Å². The molecule has 0 bridgehead atoms. The molecule has 29 heavy (non-hydrogen) atoms. The molecule has 1 amide bonds. The fourth-order valence-corrected chi connectivity index (χ4v) is 2.99. The lowest BCUT2D eigenvalue weighted by Crippen LogP contribution is -2.22. The maximum Gasteiger partial charge on any atom is 0.341 e. The first kappa shape index (κ1) is 22.1. The third kappa shape index (κ3) is 5.90. The van der Waals surface area contributed by atoms with E-state index in [0.29, 0.717) is 10.7 Å². The predicted octanol–water partition coefficient (Wildman–Crippen LogP) is 3.06. The van der Waals surface area contributed by atoms with Gasteiger partial charge in [0.05, 0.1) is 27.8 Å². The number of non-ortho nitro benzene ring substituents is 1. The van der Waals surface area contributed by atoms with Gasteiger partial charge in [0, 0.05) is 24.4 Å². The maximum absolute atomic E-state index is 12.4. The number of anilines is 2. The summed E-state index contributed by atoms with van der Waals surface area (Å²) < 4.78 is 5.00. The van der Waals surface area contributed by atoms with Crippen molar-refractivity contribution in [1.82, 2.24) is 0 Å². The molecule has 0 aromatic heterocycles. The van der Waals surface area contributed by atoms with E-state index in [4.69, 9.17) is 21.4 Å². The molecule has 0 saturated heterocycles. The summed E-state index contributed by atoms with van der Waals surface area (Å²) in [6, 6.07) is 7.13. The molecule has 0 radical (unpaired) electrons. The molecule has 0 spiro atoms. The van der Waals surface area contributed by atoms with Crippen molar-refractivity contribution in [3.8, 4) is 0 Å². The van der Waals surface area contributed by atoms with Crippen molar-refractivity contribution >= 4 is 40.5 Å². The Morgan fingerprint density at radius 1 is 1.24 bits per heavy atom. The van der Waals surface area contributed by atoms with Gasteiger partial charge in [-0.1, -0.05) is 17.7 Å². The van der Waals surface area contributed by atoms with Gasteiger partial charge in [0.25, 0.3) is 11.6 Å². The second kappa shape index (κ2) is 9.85. The van der Waals surface area contributed by atoms with E-state index in [9.17, 15) is 19.7 Å². The van der Waals surface area contributed by atoms with E-state index in [1.807, 2.05) is 13.0 Å². The van der Waals surface area contributed by atoms with Crippen molar-refractivity contribution < 1.29 is 24.4 Å². The van der Waals surface area contributed by atoms with Crippen LogP contribution in [-0.2, 0) is 9.53 Å². The molecule has 0 fully saturated rings. The van der Waals surface area contributed by atoms with Crippen LogP contribution in [0.15, 0.2) is 30.3 Å². The molecule has 10 heteroatoms. The highest BCUT2D eigenvalue weighted by Crippen LogP contribution is 2.27. The lowest BCUT2D eigenvalue weighted by atomic mass is 10.1. The van der Waals surface area contributed by atoms with Crippen LogP contribution in [0.3, 0.4) is 0 Å². The van der Waals surface area contributed by atoms with Crippen molar-refractivity contribution in [2.45, 2.75) is 13.8 Å². The molecule has 0 unspecified atom stereocenters. The number of ether oxygens (including phenoxy) is 1. The Bertz CT molecular complexity index is 925. The van der Waals surface area contributed by atoms with Crippen LogP contribution in [0.25, 0.3) is 0 Å². The van der Waals surface area contributed by atoms with E-state index < -0.39 is 23.4 Å². The summed E-state index contributed by atoms with van der Waals surface area (Å²) in [5.41, 5.74) is 1.92. The van der Waals surface area contributed by atoms with Gasteiger partial charge in [0.15, 0.2) is 6.61 Å². The predicted molar refractivity (Wildman–Crippen MR) is 109 cm³/mol. The van der Waals surface area contributed by atoms with Crippen LogP contribution in [0.5, 0.6) is 0 Å². The summed E-state index contributed by atoms with van der Waals surface area (Å²) >= 11 is 6.14. The second-order valence-corrected chi connectivity index (χ2v) is 6.61. The van der Waals surface area contributed by atoms with Crippen molar-refractivity contribution in [3.05, 3.63) is 62.2 Å². The number of carbonyl (C=O) groups excluding carboxylic acids is 2. The van der Waals surface area contributed by atoms with Crippen molar-refractivity contribution in [2.75, 3.05) is 30.4 Å². The van der Waals surface area contributed by atoms with Gasteiger partial charge in [-0.15, -0.1) is 0 Å². The van der Waals surface area contributed by atoms with Crippen LogP contribution in [0.4, 0.5) is 17.1 Å². The number of aryl methyl sites for hydroxylation is 2. The summed E-state index contributed by atoms with van der Waals surface area (Å²) in [6.45, 7) is 2.97. The quantitative estimate of drug-likeness (QED) is 0.339. The zero-order valence-electron chi connectivity index (χ0n) is 15.8. The number of aliphatic hydroxyl groups excluding tert-OH is 1. The van der Waals surface area contributed by atoms with Gasteiger partial charge >= 0.3 is 5.97 Å². The minimum atomic E-state index is -0.920. The highest BCUT2D eigenvalue weighted by atomic mass is 35.5. The number of benzene rings is 2. The zero-order chi connectivity index (χ0) is 21.6. The number of hydrogen-bond acceptors (Lipinski definition) is 7. The van der Waals surface area contributed by atoms with Gasteiger partial charge in [-0.2, -0.15) is 0 Å². The first-order chi connectivity index (χ1) is 13.7. The number of nitro groups is 1. The summed E-state index contributed by atoms with van der Waals surface area (Å²) in [4.78, 5) is 34.9. The largest absolute Gasteiger partial charge is 0.452 e. The van der Waals surface area contributed by atoms with Crippen LogP contribution < -0.4 is 10.6 Å². The van der Waals surface area contributed by atoms with E-state index in [1.54, 1.807) is 13.0 Å². The van der Waals surface area contributed by atoms with Gasteiger partial charge in [0.2, 0.25) is 0 Å². The molecule has 154 valence electrons. The standard InChI is InChI=1S/C19H20ClN3O6/c1-11-7-12(2)18(15(20)8-11)22-17(25)10-29-19(26)14-9-13(23(27)28)3-4-16(14)21-5-6-24/h3-4,7-9,21,24H,5-6,10H2,1-2H3,(H,22,25). The van der Waals surface area contributed by atoms with E-state index in [0.717, 1.165) is 17.2 Å².